The normalized spacial score (nSPS) is 13.8. The molecule has 0 fully saturated rings. The Labute approximate surface area is 392 Å². The van der Waals surface area contributed by atoms with Crippen LogP contribution in [0.3, 0.4) is 0 Å². The van der Waals surface area contributed by atoms with Crippen molar-refractivity contribution in [2.24, 2.45) is 5.73 Å². The molecule has 2 atom stereocenters. The summed E-state index contributed by atoms with van der Waals surface area (Å²) in [5.74, 6) is -0.843. The monoisotopic (exact) mass is 918 g/mol. The van der Waals surface area contributed by atoms with Gasteiger partial charge < -0.3 is 20.1 Å². The first kappa shape index (κ1) is 61.5. The fraction of sp³-hybridized carbons (Fsp3) is 0.741. The zero-order chi connectivity index (χ0) is 46.7. The van der Waals surface area contributed by atoms with Crippen LogP contribution in [0.4, 0.5) is 0 Å². The second kappa shape index (κ2) is 49.9. The maximum absolute atomic E-state index is 12.7. The lowest BCUT2D eigenvalue weighted by Gasteiger charge is -2.19. The third kappa shape index (κ3) is 48.9. The quantitative estimate of drug-likeness (QED) is 0.0265. The molecule has 0 saturated carbocycles. The van der Waals surface area contributed by atoms with Crippen LogP contribution in [0.1, 0.15) is 226 Å². The van der Waals surface area contributed by atoms with Gasteiger partial charge in [-0.25, -0.2) is 4.57 Å². The highest BCUT2D eigenvalue weighted by atomic mass is 31.2. The van der Waals surface area contributed by atoms with E-state index in [0.717, 1.165) is 83.5 Å². The second-order valence-electron chi connectivity index (χ2n) is 17.0. The Morgan fingerprint density at radius 1 is 0.484 bits per heavy atom. The molecule has 64 heavy (non-hydrogen) atoms. The summed E-state index contributed by atoms with van der Waals surface area (Å²) in [5.41, 5.74) is 5.37. The first-order chi connectivity index (χ1) is 31.3. The van der Waals surface area contributed by atoms with E-state index in [-0.39, 0.29) is 32.6 Å². The lowest BCUT2D eigenvalue weighted by Crippen LogP contribution is -2.29. The summed E-state index contributed by atoms with van der Waals surface area (Å²) in [6.45, 7) is 3.60. The molecule has 3 N–H and O–H groups in total. The van der Waals surface area contributed by atoms with Gasteiger partial charge >= 0.3 is 19.8 Å². The summed E-state index contributed by atoms with van der Waals surface area (Å²) in [4.78, 5) is 35.0. The SMILES string of the molecule is CC/C=C\C/C=C\C/C=C\C/C=C\CCCCCCCCCCCCCCCCC(=O)OC(COC(=O)CCCCCCC/C=C\C/C=C\CCCCCC)COP(=O)(O)OCCN. The number of carbonyl (C=O) groups is 2. The van der Waals surface area contributed by atoms with Crippen molar-refractivity contribution in [1.82, 2.24) is 0 Å². The summed E-state index contributed by atoms with van der Waals surface area (Å²) >= 11 is 0. The van der Waals surface area contributed by atoms with Crippen molar-refractivity contribution in [2.75, 3.05) is 26.4 Å². The van der Waals surface area contributed by atoms with E-state index < -0.39 is 32.5 Å². The maximum Gasteiger partial charge on any atom is 0.472 e. The van der Waals surface area contributed by atoms with E-state index in [0.29, 0.717) is 12.8 Å². The number of carbonyl (C=O) groups excluding carboxylic acids is 2. The molecular weight excluding hydrogens is 822 g/mol. The second-order valence-corrected chi connectivity index (χ2v) is 18.5. The molecule has 370 valence electrons. The average Bonchev–Trinajstić information content (AvgIpc) is 3.28. The standard InChI is InChI=1S/C54H96NO8P/c1-3-5-7-9-11-13-15-17-19-21-22-23-24-25-26-27-28-29-30-31-33-35-37-39-41-43-45-47-54(57)63-52(51-62-64(58,59)61-49-48-55)50-60-53(56)46-44-42-40-38-36-34-32-20-18-16-14-12-10-8-6-4-2/h5,7,11,13-14,16-17,19-20,22-23,32,52H,3-4,6,8-10,12,15,18,21,24-31,33-51,55H2,1-2H3,(H,58,59)/b7-5-,13-11-,16-14-,19-17-,23-22-,32-20-. The summed E-state index contributed by atoms with van der Waals surface area (Å²) in [7, 11) is -4.39. The van der Waals surface area contributed by atoms with E-state index in [9.17, 15) is 19.0 Å². The number of allylic oxidation sites excluding steroid dienone is 12. The van der Waals surface area contributed by atoms with Crippen LogP contribution in [0.15, 0.2) is 72.9 Å². The highest BCUT2D eigenvalue weighted by Gasteiger charge is 2.26. The Balaban J connectivity index is 4.02. The molecule has 10 heteroatoms. The van der Waals surface area contributed by atoms with Gasteiger partial charge in [-0.1, -0.05) is 202 Å². The summed E-state index contributed by atoms with van der Waals surface area (Å²) in [6, 6.07) is 0. The van der Waals surface area contributed by atoms with Gasteiger partial charge in [0.2, 0.25) is 0 Å². The molecule has 0 aliphatic rings. The van der Waals surface area contributed by atoms with Gasteiger partial charge in [-0.2, -0.15) is 0 Å². The van der Waals surface area contributed by atoms with Crippen LogP contribution in [-0.2, 0) is 32.7 Å². The van der Waals surface area contributed by atoms with E-state index in [1.165, 1.54) is 103 Å². The topological polar surface area (TPSA) is 134 Å². The van der Waals surface area contributed by atoms with E-state index in [1.54, 1.807) is 0 Å². The van der Waals surface area contributed by atoms with Crippen LogP contribution in [0, 0.1) is 0 Å². The highest BCUT2D eigenvalue weighted by molar-refractivity contribution is 7.47. The molecule has 0 aromatic heterocycles. The molecule has 9 nitrogen and oxygen atoms in total. The zero-order valence-electron chi connectivity index (χ0n) is 41.0. The van der Waals surface area contributed by atoms with Gasteiger partial charge in [0.25, 0.3) is 0 Å². The molecule has 0 aliphatic carbocycles. The molecule has 0 bridgehead atoms. The van der Waals surface area contributed by atoms with Gasteiger partial charge in [0.1, 0.15) is 6.61 Å². The highest BCUT2D eigenvalue weighted by Crippen LogP contribution is 2.43. The third-order valence-corrected chi connectivity index (χ3v) is 11.8. The van der Waals surface area contributed by atoms with Gasteiger partial charge in [0.05, 0.1) is 13.2 Å². The summed E-state index contributed by atoms with van der Waals surface area (Å²) in [5, 5.41) is 0. The van der Waals surface area contributed by atoms with Crippen LogP contribution in [0.2, 0.25) is 0 Å². The van der Waals surface area contributed by atoms with Crippen molar-refractivity contribution in [2.45, 2.75) is 232 Å². The minimum Gasteiger partial charge on any atom is -0.462 e. The van der Waals surface area contributed by atoms with Gasteiger partial charge in [0.15, 0.2) is 6.10 Å². The van der Waals surface area contributed by atoms with Crippen LogP contribution in [0.5, 0.6) is 0 Å². The fourth-order valence-corrected chi connectivity index (χ4v) is 7.77. The van der Waals surface area contributed by atoms with Crippen molar-refractivity contribution < 1.29 is 37.6 Å². The fourth-order valence-electron chi connectivity index (χ4n) is 7.01. The Kier molecular flexibility index (Phi) is 47.9. The Morgan fingerprint density at radius 2 is 0.859 bits per heavy atom. The molecule has 0 radical (unpaired) electrons. The number of phosphoric acid groups is 1. The van der Waals surface area contributed by atoms with Crippen LogP contribution in [-0.4, -0.2) is 49.3 Å². The molecule has 0 aromatic rings. The molecule has 0 amide bonds. The minimum atomic E-state index is -4.39. The van der Waals surface area contributed by atoms with E-state index in [2.05, 4.69) is 86.8 Å². The number of rotatable bonds is 48. The van der Waals surface area contributed by atoms with Crippen molar-refractivity contribution in [1.29, 1.82) is 0 Å². The molecule has 2 unspecified atom stereocenters. The third-order valence-electron chi connectivity index (χ3n) is 10.8. The van der Waals surface area contributed by atoms with E-state index >= 15 is 0 Å². The smallest absolute Gasteiger partial charge is 0.462 e. The van der Waals surface area contributed by atoms with Crippen LogP contribution < -0.4 is 5.73 Å². The number of hydrogen-bond donors (Lipinski definition) is 2. The van der Waals surface area contributed by atoms with Crippen molar-refractivity contribution >= 4 is 19.8 Å². The van der Waals surface area contributed by atoms with E-state index in [1.807, 2.05) is 0 Å². The van der Waals surface area contributed by atoms with Gasteiger partial charge in [-0.15, -0.1) is 0 Å². The zero-order valence-corrected chi connectivity index (χ0v) is 41.9. The van der Waals surface area contributed by atoms with Gasteiger partial charge in [-0.05, 0) is 83.5 Å². The first-order valence-corrected chi connectivity index (χ1v) is 27.4. The van der Waals surface area contributed by atoms with Crippen LogP contribution in [0.25, 0.3) is 0 Å². The largest absolute Gasteiger partial charge is 0.472 e. The predicted molar refractivity (Wildman–Crippen MR) is 270 cm³/mol. The first-order valence-electron chi connectivity index (χ1n) is 25.9. The molecule has 0 aliphatic heterocycles. The van der Waals surface area contributed by atoms with Crippen molar-refractivity contribution in [3.63, 3.8) is 0 Å². The number of phosphoric ester groups is 1. The number of esters is 2. The summed E-state index contributed by atoms with van der Waals surface area (Å²) < 4.78 is 32.9. The molecule has 0 rings (SSSR count). The Morgan fingerprint density at radius 3 is 1.28 bits per heavy atom. The molecule has 0 heterocycles. The Bertz CT molecular complexity index is 1280. The van der Waals surface area contributed by atoms with Crippen LogP contribution >= 0.6 is 7.82 Å². The van der Waals surface area contributed by atoms with Gasteiger partial charge in [0, 0.05) is 19.4 Å². The summed E-state index contributed by atoms with van der Waals surface area (Å²) in [6.07, 6.45) is 62.3. The number of hydrogen-bond acceptors (Lipinski definition) is 8. The van der Waals surface area contributed by atoms with Gasteiger partial charge in [-0.3, -0.25) is 18.6 Å². The average molecular weight is 918 g/mol. The maximum atomic E-state index is 12.7. The number of nitrogens with two attached hydrogens (primary N) is 1. The predicted octanol–water partition coefficient (Wildman–Crippen LogP) is 15.8. The minimum absolute atomic E-state index is 0.0491. The lowest BCUT2D eigenvalue weighted by molar-refractivity contribution is -0.161. The molecule has 0 aromatic carbocycles. The Hall–Kier alpha value is -2.55. The number of ether oxygens (including phenoxy) is 2. The van der Waals surface area contributed by atoms with Crippen molar-refractivity contribution in [3.8, 4) is 0 Å². The van der Waals surface area contributed by atoms with E-state index in [4.69, 9.17) is 24.3 Å². The number of unbranched alkanes of at least 4 members (excludes halogenated alkanes) is 23. The molecule has 0 spiro atoms. The lowest BCUT2D eigenvalue weighted by atomic mass is 10.0. The van der Waals surface area contributed by atoms with Crippen molar-refractivity contribution in [3.05, 3.63) is 72.9 Å². The molecular formula is C54H96NO8P. The molecule has 0 saturated heterocycles.